The van der Waals surface area contributed by atoms with Gasteiger partial charge in [0.05, 0.1) is 17.2 Å². The van der Waals surface area contributed by atoms with Crippen molar-refractivity contribution in [2.24, 2.45) is 0 Å². The molecule has 0 unspecified atom stereocenters. The van der Waals surface area contributed by atoms with Crippen molar-refractivity contribution in [3.63, 3.8) is 0 Å². The molecule has 4 heteroatoms. The summed E-state index contributed by atoms with van der Waals surface area (Å²) in [6.07, 6.45) is 3.56. The van der Waals surface area contributed by atoms with Gasteiger partial charge in [-0.05, 0) is 41.1 Å². The second-order valence-electron chi connectivity index (χ2n) is 3.91. The van der Waals surface area contributed by atoms with Crippen molar-refractivity contribution in [1.82, 2.24) is 15.0 Å². The van der Waals surface area contributed by atoms with Crippen LogP contribution in [0.5, 0.6) is 0 Å². The van der Waals surface area contributed by atoms with E-state index in [1.165, 1.54) is 9.13 Å². The number of aryl methyl sites for hydroxylation is 1. The Bertz CT molecular complexity index is 655. The molecule has 0 atom stereocenters. The number of fused-ring (bicyclic) bond motifs is 1. The number of H-pyrrole nitrogens is 1. The summed E-state index contributed by atoms with van der Waals surface area (Å²) in [6, 6.07) is 8.16. The van der Waals surface area contributed by atoms with Gasteiger partial charge >= 0.3 is 0 Å². The lowest BCUT2D eigenvalue weighted by atomic mass is 10.1. The van der Waals surface area contributed by atoms with Crippen LogP contribution in [0.1, 0.15) is 5.56 Å². The van der Waals surface area contributed by atoms with Crippen molar-refractivity contribution < 1.29 is 0 Å². The first-order chi connectivity index (χ1) is 8.25. The lowest BCUT2D eigenvalue weighted by molar-refractivity contribution is 1.30. The highest BCUT2D eigenvalue weighted by atomic mass is 127. The van der Waals surface area contributed by atoms with Crippen LogP contribution in [0.2, 0.25) is 0 Å². The zero-order valence-electron chi connectivity index (χ0n) is 9.24. The molecule has 0 fully saturated rings. The maximum atomic E-state index is 4.58. The van der Waals surface area contributed by atoms with Crippen LogP contribution in [0, 0.1) is 10.5 Å². The van der Waals surface area contributed by atoms with E-state index in [9.17, 15) is 0 Å². The Balaban J connectivity index is 2.24. The second-order valence-corrected chi connectivity index (χ2v) is 4.99. The van der Waals surface area contributed by atoms with Crippen molar-refractivity contribution in [2.75, 3.05) is 0 Å². The summed E-state index contributed by atoms with van der Waals surface area (Å²) in [5.74, 6) is 0.904. The number of nitrogens with zero attached hydrogens (tertiary/aromatic N) is 2. The molecule has 2 aromatic heterocycles. The molecule has 0 aliphatic heterocycles. The predicted molar refractivity (Wildman–Crippen MR) is 76.8 cm³/mol. The smallest absolute Gasteiger partial charge is 0.139 e. The molecule has 0 amide bonds. The molecular formula is C13H10IN3. The summed E-state index contributed by atoms with van der Waals surface area (Å²) in [5, 5.41) is 0. The molecule has 0 saturated carbocycles. The molecule has 3 rings (SSSR count). The van der Waals surface area contributed by atoms with Crippen molar-refractivity contribution in [1.29, 1.82) is 0 Å². The third-order valence-corrected chi connectivity index (χ3v) is 4.16. The van der Waals surface area contributed by atoms with E-state index in [0.717, 1.165) is 22.4 Å². The number of hydrogen-bond acceptors (Lipinski definition) is 2. The monoisotopic (exact) mass is 335 g/mol. The minimum absolute atomic E-state index is 0.904. The minimum Gasteiger partial charge on any atom is -0.337 e. The summed E-state index contributed by atoms with van der Waals surface area (Å²) < 4.78 is 1.23. The average Bonchev–Trinajstić information content (AvgIpc) is 2.76. The summed E-state index contributed by atoms with van der Waals surface area (Å²) in [7, 11) is 0. The number of imidazole rings is 1. The van der Waals surface area contributed by atoms with Crippen LogP contribution < -0.4 is 0 Å². The van der Waals surface area contributed by atoms with E-state index in [1.54, 1.807) is 12.4 Å². The number of halogens is 1. The highest BCUT2D eigenvalue weighted by Gasteiger charge is 2.09. The molecule has 0 bridgehead atoms. The first-order valence-electron chi connectivity index (χ1n) is 5.31. The Morgan fingerprint density at radius 3 is 2.94 bits per heavy atom. The summed E-state index contributed by atoms with van der Waals surface area (Å²) in [5.41, 5.74) is 4.33. The number of benzene rings is 1. The van der Waals surface area contributed by atoms with Crippen LogP contribution in [0.15, 0.2) is 36.7 Å². The highest BCUT2D eigenvalue weighted by Crippen LogP contribution is 2.26. The Hall–Kier alpha value is -1.43. The SMILES string of the molecule is Cc1cccc(-c2nc3ccncc3[nH]2)c1I. The normalized spacial score (nSPS) is 10.9. The third-order valence-electron chi connectivity index (χ3n) is 2.73. The Morgan fingerprint density at radius 1 is 1.24 bits per heavy atom. The molecule has 0 spiro atoms. The lowest BCUT2D eigenvalue weighted by Gasteiger charge is -2.03. The molecule has 1 aromatic carbocycles. The number of hydrogen-bond donors (Lipinski definition) is 1. The number of nitrogens with one attached hydrogen (secondary N) is 1. The lowest BCUT2D eigenvalue weighted by Crippen LogP contribution is -1.88. The Morgan fingerprint density at radius 2 is 2.12 bits per heavy atom. The third kappa shape index (κ3) is 1.82. The molecule has 0 radical (unpaired) electrons. The van der Waals surface area contributed by atoms with E-state index in [0.29, 0.717) is 0 Å². The molecule has 84 valence electrons. The van der Waals surface area contributed by atoms with Crippen LogP contribution in [-0.4, -0.2) is 15.0 Å². The Labute approximate surface area is 112 Å². The number of aromatic amines is 1. The van der Waals surface area contributed by atoms with E-state index < -0.39 is 0 Å². The molecule has 0 aliphatic carbocycles. The Kier molecular flexibility index (Phi) is 2.58. The highest BCUT2D eigenvalue weighted by molar-refractivity contribution is 14.1. The van der Waals surface area contributed by atoms with Crippen LogP contribution in [-0.2, 0) is 0 Å². The van der Waals surface area contributed by atoms with Gasteiger partial charge in [0, 0.05) is 15.3 Å². The molecule has 2 heterocycles. The summed E-state index contributed by atoms with van der Waals surface area (Å²) in [6.45, 7) is 2.11. The van der Waals surface area contributed by atoms with Crippen LogP contribution in [0.3, 0.4) is 0 Å². The van der Waals surface area contributed by atoms with Gasteiger partial charge in [0.15, 0.2) is 0 Å². The van der Waals surface area contributed by atoms with Gasteiger partial charge < -0.3 is 4.98 Å². The van der Waals surface area contributed by atoms with Gasteiger partial charge in [-0.15, -0.1) is 0 Å². The van der Waals surface area contributed by atoms with E-state index in [2.05, 4.69) is 62.7 Å². The van der Waals surface area contributed by atoms with E-state index in [1.807, 2.05) is 6.07 Å². The fourth-order valence-corrected chi connectivity index (χ4v) is 2.43. The number of pyridine rings is 1. The van der Waals surface area contributed by atoms with E-state index >= 15 is 0 Å². The van der Waals surface area contributed by atoms with Crippen molar-refractivity contribution in [2.45, 2.75) is 6.92 Å². The maximum absolute atomic E-state index is 4.58. The van der Waals surface area contributed by atoms with Gasteiger partial charge in [0.25, 0.3) is 0 Å². The van der Waals surface area contributed by atoms with Crippen molar-refractivity contribution >= 4 is 33.6 Å². The van der Waals surface area contributed by atoms with Crippen LogP contribution >= 0.6 is 22.6 Å². The van der Waals surface area contributed by atoms with Gasteiger partial charge in [0.2, 0.25) is 0 Å². The van der Waals surface area contributed by atoms with E-state index in [4.69, 9.17) is 0 Å². The van der Waals surface area contributed by atoms with Crippen LogP contribution in [0.25, 0.3) is 22.4 Å². The van der Waals surface area contributed by atoms with Crippen molar-refractivity contribution in [3.8, 4) is 11.4 Å². The van der Waals surface area contributed by atoms with E-state index in [-0.39, 0.29) is 0 Å². The van der Waals surface area contributed by atoms with Gasteiger partial charge in [0.1, 0.15) is 5.82 Å². The zero-order chi connectivity index (χ0) is 11.8. The fraction of sp³-hybridized carbons (Fsp3) is 0.0769. The van der Waals surface area contributed by atoms with Gasteiger partial charge in [-0.3, -0.25) is 4.98 Å². The predicted octanol–water partition coefficient (Wildman–Crippen LogP) is 3.54. The van der Waals surface area contributed by atoms with Gasteiger partial charge in [-0.1, -0.05) is 18.2 Å². The zero-order valence-corrected chi connectivity index (χ0v) is 11.4. The maximum Gasteiger partial charge on any atom is 0.139 e. The molecule has 1 N–H and O–H groups in total. The average molecular weight is 335 g/mol. The topological polar surface area (TPSA) is 41.6 Å². The molecule has 17 heavy (non-hydrogen) atoms. The summed E-state index contributed by atoms with van der Waals surface area (Å²) >= 11 is 2.36. The largest absolute Gasteiger partial charge is 0.337 e. The second kappa shape index (κ2) is 4.10. The van der Waals surface area contributed by atoms with Crippen LogP contribution in [0.4, 0.5) is 0 Å². The number of aromatic nitrogens is 3. The molecule has 3 nitrogen and oxygen atoms in total. The minimum atomic E-state index is 0.904. The first kappa shape index (κ1) is 10.7. The van der Waals surface area contributed by atoms with Crippen molar-refractivity contribution in [3.05, 3.63) is 45.8 Å². The molecule has 0 saturated heterocycles. The van der Waals surface area contributed by atoms with Gasteiger partial charge in [-0.2, -0.15) is 0 Å². The number of rotatable bonds is 1. The first-order valence-corrected chi connectivity index (χ1v) is 6.39. The molecule has 0 aliphatic rings. The quantitative estimate of drug-likeness (QED) is 0.691. The van der Waals surface area contributed by atoms with Gasteiger partial charge in [-0.25, -0.2) is 4.98 Å². The summed E-state index contributed by atoms with van der Waals surface area (Å²) in [4.78, 5) is 12.0. The molecule has 3 aromatic rings. The fourth-order valence-electron chi connectivity index (χ4n) is 1.81. The molecular weight excluding hydrogens is 325 g/mol. The standard InChI is InChI=1S/C13H10IN3/c1-8-3-2-4-9(12(8)14)13-16-10-5-6-15-7-11(10)17-13/h2-7H,1H3,(H,16,17).